The third-order valence-corrected chi connectivity index (χ3v) is 2.08. The first kappa shape index (κ1) is 9.28. The number of hydrogen-bond acceptors (Lipinski definition) is 3. The van der Waals surface area contributed by atoms with Gasteiger partial charge in [-0.1, -0.05) is 0 Å². The van der Waals surface area contributed by atoms with E-state index in [0.29, 0.717) is 19.5 Å². The van der Waals surface area contributed by atoms with E-state index in [-0.39, 0.29) is 12.0 Å². The van der Waals surface area contributed by atoms with Gasteiger partial charge in [-0.2, -0.15) is 0 Å². The lowest BCUT2D eigenvalue weighted by atomic mass is 9.96. The van der Waals surface area contributed by atoms with Gasteiger partial charge < -0.3 is 20.8 Å². The van der Waals surface area contributed by atoms with Gasteiger partial charge in [0, 0.05) is 19.0 Å². The van der Waals surface area contributed by atoms with Crippen molar-refractivity contribution in [2.75, 3.05) is 19.6 Å². The Morgan fingerprint density at radius 1 is 1.67 bits per heavy atom. The normalized spacial score (nSPS) is 29.8. The van der Waals surface area contributed by atoms with E-state index >= 15 is 0 Å². The van der Waals surface area contributed by atoms with Gasteiger partial charge in [0.05, 0.1) is 6.10 Å². The van der Waals surface area contributed by atoms with Gasteiger partial charge in [-0.3, -0.25) is 0 Å². The molecule has 5 heteroatoms. The fourth-order valence-electron chi connectivity index (χ4n) is 1.34. The molecule has 1 heterocycles. The second-order valence-electron chi connectivity index (χ2n) is 3.01. The van der Waals surface area contributed by atoms with Crippen molar-refractivity contribution in [2.24, 2.45) is 5.92 Å². The van der Waals surface area contributed by atoms with E-state index in [1.54, 1.807) is 0 Å². The van der Waals surface area contributed by atoms with Crippen LogP contribution >= 0.6 is 0 Å². The first-order valence-corrected chi connectivity index (χ1v) is 4.05. The van der Waals surface area contributed by atoms with E-state index in [1.165, 1.54) is 0 Å². The number of amides is 1. The third-order valence-electron chi connectivity index (χ3n) is 2.08. The Hall–Kier alpha value is -0.810. The van der Waals surface area contributed by atoms with Gasteiger partial charge in [-0.05, 0) is 13.0 Å². The number of rotatable bonds is 2. The Morgan fingerprint density at radius 2 is 2.42 bits per heavy atom. The Labute approximate surface area is 70.8 Å². The summed E-state index contributed by atoms with van der Waals surface area (Å²) < 4.78 is 0. The van der Waals surface area contributed by atoms with E-state index < -0.39 is 6.09 Å². The summed E-state index contributed by atoms with van der Waals surface area (Å²) in [6.07, 6.45) is -0.711. The quantitative estimate of drug-likeness (QED) is 0.443. The largest absolute Gasteiger partial charge is 0.465 e. The van der Waals surface area contributed by atoms with E-state index in [0.717, 1.165) is 6.54 Å². The van der Waals surface area contributed by atoms with Gasteiger partial charge in [0.2, 0.25) is 0 Å². The molecule has 1 aliphatic rings. The molecular formula is C7H14N2O3. The zero-order chi connectivity index (χ0) is 8.97. The number of nitrogens with one attached hydrogen (secondary N) is 2. The molecule has 0 aliphatic carbocycles. The van der Waals surface area contributed by atoms with Crippen LogP contribution in [-0.4, -0.2) is 42.0 Å². The van der Waals surface area contributed by atoms with Gasteiger partial charge in [0.1, 0.15) is 0 Å². The van der Waals surface area contributed by atoms with E-state index in [2.05, 4.69) is 10.6 Å². The van der Waals surface area contributed by atoms with Crippen molar-refractivity contribution in [1.82, 2.24) is 10.6 Å². The molecule has 0 spiro atoms. The molecule has 1 aliphatic heterocycles. The van der Waals surface area contributed by atoms with Crippen molar-refractivity contribution in [3.63, 3.8) is 0 Å². The SMILES string of the molecule is O=C(O)NC[C@H]1CNCC[C@H]1O. The van der Waals surface area contributed by atoms with Crippen LogP contribution in [-0.2, 0) is 0 Å². The minimum Gasteiger partial charge on any atom is -0.465 e. The summed E-state index contributed by atoms with van der Waals surface area (Å²) in [6.45, 7) is 1.82. The van der Waals surface area contributed by atoms with Crippen LogP contribution in [0.3, 0.4) is 0 Å². The minimum absolute atomic E-state index is 0.00912. The summed E-state index contributed by atoms with van der Waals surface area (Å²) in [5.74, 6) is 0.00912. The van der Waals surface area contributed by atoms with E-state index in [4.69, 9.17) is 5.11 Å². The average Bonchev–Trinajstić information content (AvgIpc) is 2.03. The molecule has 4 N–H and O–H groups in total. The summed E-state index contributed by atoms with van der Waals surface area (Å²) in [6, 6.07) is 0. The van der Waals surface area contributed by atoms with Gasteiger partial charge >= 0.3 is 6.09 Å². The van der Waals surface area contributed by atoms with Crippen molar-refractivity contribution in [2.45, 2.75) is 12.5 Å². The van der Waals surface area contributed by atoms with Crippen molar-refractivity contribution in [3.8, 4) is 0 Å². The van der Waals surface area contributed by atoms with Crippen molar-refractivity contribution < 1.29 is 15.0 Å². The van der Waals surface area contributed by atoms with Crippen molar-refractivity contribution in [1.29, 1.82) is 0 Å². The molecule has 2 atom stereocenters. The summed E-state index contributed by atoms with van der Waals surface area (Å²) in [4.78, 5) is 10.1. The summed E-state index contributed by atoms with van der Waals surface area (Å²) in [7, 11) is 0. The van der Waals surface area contributed by atoms with Crippen molar-refractivity contribution >= 4 is 6.09 Å². The number of hydrogen-bond donors (Lipinski definition) is 4. The highest BCUT2D eigenvalue weighted by Crippen LogP contribution is 2.09. The lowest BCUT2D eigenvalue weighted by Crippen LogP contribution is -2.45. The second-order valence-corrected chi connectivity index (χ2v) is 3.01. The van der Waals surface area contributed by atoms with Crippen LogP contribution < -0.4 is 10.6 Å². The highest BCUT2D eigenvalue weighted by atomic mass is 16.4. The van der Waals surface area contributed by atoms with Crippen LogP contribution in [0, 0.1) is 5.92 Å². The summed E-state index contributed by atoms with van der Waals surface area (Å²) in [5, 5.41) is 23.1. The lowest BCUT2D eigenvalue weighted by Gasteiger charge is -2.27. The molecule has 1 amide bonds. The standard InChI is InChI=1S/C7H14N2O3/c10-6-1-2-8-3-5(6)4-9-7(11)12/h5-6,8-10H,1-4H2,(H,11,12)/t5-,6-/m1/s1. The second kappa shape index (κ2) is 4.27. The van der Waals surface area contributed by atoms with Gasteiger partial charge in [-0.15, -0.1) is 0 Å². The molecule has 1 fully saturated rings. The number of aliphatic hydroxyl groups is 1. The van der Waals surface area contributed by atoms with Gasteiger partial charge in [0.25, 0.3) is 0 Å². The zero-order valence-electron chi connectivity index (χ0n) is 6.79. The molecular weight excluding hydrogens is 160 g/mol. The molecule has 0 bridgehead atoms. The fraction of sp³-hybridized carbons (Fsp3) is 0.857. The molecule has 0 aromatic carbocycles. The van der Waals surface area contributed by atoms with Gasteiger partial charge in [-0.25, -0.2) is 4.79 Å². The first-order chi connectivity index (χ1) is 5.70. The summed E-state index contributed by atoms with van der Waals surface area (Å²) in [5.41, 5.74) is 0. The number of carbonyl (C=O) groups is 1. The predicted molar refractivity (Wildman–Crippen MR) is 43.0 cm³/mol. The van der Waals surface area contributed by atoms with E-state index in [9.17, 15) is 9.90 Å². The highest BCUT2D eigenvalue weighted by Gasteiger charge is 2.22. The molecule has 0 aromatic heterocycles. The van der Waals surface area contributed by atoms with Crippen LogP contribution in [0.15, 0.2) is 0 Å². The molecule has 0 aromatic rings. The van der Waals surface area contributed by atoms with E-state index in [1.807, 2.05) is 0 Å². The number of aliphatic hydroxyl groups excluding tert-OH is 1. The molecule has 1 rings (SSSR count). The van der Waals surface area contributed by atoms with Crippen LogP contribution in [0.2, 0.25) is 0 Å². The molecule has 0 unspecified atom stereocenters. The van der Waals surface area contributed by atoms with Crippen LogP contribution in [0.5, 0.6) is 0 Å². The van der Waals surface area contributed by atoms with Gasteiger partial charge in [0.15, 0.2) is 0 Å². The van der Waals surface area contributed by atoms with Crippen LogP contribution in [0.25, 0.3) is 0 Å². The Balaban J connectivity index is 2.24. The summed E-state index contributed by atoms with van der Waals surface area (Å²) >= 11 is 0. The Morgan fingerprint density at radius 3 is 3.00 bits per heavy atom. The molecule has 12 heavy (non-hydrogen) atoms. The molecule has 0 radical (unpaired) electrons. The molecule has 0 saturated carbocycles. The predicted octanol–water partition coefficient (Wildman–Crippen LogP) is -0.776. The maximum atomic E-state index is 10.1. The Bertz CT molecular complexity index is 163. The Kier molecular flexibility index (Phi) is 3.31. The monoisotopic (exact) mass is 174 g/mol. The molecule has 5 nitrogen and oxygen atoms in total. The minimum atomic E-state index is -1.03. The first-order valence-electron chi connectivity index (χ1n) is 4.05. The van der Waals surface area contributed by atoms with Crippen molar-refractivity contribution in [3.05, 3.63) is 0 Å². The number of piperidine rings is 1. The third kappa shape index (κ3) is 2.67. The average molecular weight is 174 g/mol. The van der Waals surface area contributed by atoms with Crippen LogP contribution in [0.4, 0.5) is 4.79 Å². The smallest absolute Gasteiger partial charge is 0.404 e. The maximum absolute atomic E-state index is 10.1. The highest BCUT2D eigenvalue weighted by molar-refractivity contribution is 5.64. The lowest BCUT2D eigenvalue weighted by molar-refractivity contribution is 0.0785. The topological polar surface area (TPSA) is 81.6 Å². The zero-order valence-corrected chi connectivity index (χ0v) is 6.79. The number of carboxylic acid groups (broad SMARTS) is 1. The molecule has 70 valence electrons. The molecule has 1 saturated heterocycles. The fourth-order valence-corrected chi connectivity index (χ4v) is 1.34. The maximum Gasteiger partial charge on any atom is 0.404 e. The van der Waals surface area contributed by atoms with Crippen LogP contribution in [0.1, 0.15) is 6.42 Å².